The fourth-order valence-electron chi connectivity index (χ4n) is 11.3. The van der Waals surface area contributed by atoms with Crippen molar-refractivity contribution in [1.82, 2.24) is 40.4 Å². The van der Waals surface area contributed by atoms with Gasteiger partial charge in [-0.25, -0.2) is 19.6 Å². The van der Waals surface area contributed by atoms with Gasteiger partial charge in [-0.05, 0) is 98.6 Å². The summed E-state index contributed by atoms with van der Waals surface area (Å²) in [6, 6.07) is 15.0. The van der Waals surface area contributed by atoms with Crippen LogP contribution in [0.5, 0.6) is 11.5 Å². The molecule has 3 aromatic carbocycles. The molecule has 1 unspecified atom stereocenters. The number of aromatic amines is 2. The van der Waals surface area contributed by atoms with Crippen molar-refractivity contribution in [3.05, 3.63) is 83.7 Å². The number of H-pyrrole nitrogens is 2. The highest BCUT2D eigenvalue weighted by molar-refractivity contribution is 5.93. The Hall–Kier alpha value is -6.46. The molecule has 17 heteroatoms. The zero-order valence-electron chi connectivity index (χ0n) is 38.9. The van der Waals surface area contributed by atoms with Crippen LogP contribution < -0.4 is 15.4 Å². The molecule has 5 atom stereocenters. The van der Waals surface area contributed by atoms with E-state index < -0.39 is 24.3 Å². The molecule has 0 saturated carbocycles. The van der Waals surface area contributed by atoms with Crippen LogP contribution in [0.25, 0.3) is 33.3 Å². The maximum absolute atomic E-state index is 14.1. The molecule has 5 aliphatic rings. The average molecular weight is 929 g/mol. The monoisotopic (exact) mass is 928 g/mol. The molecule has 358 valence electrons. The predicted molar refractivity (Wildman–Crippen MR) is 251 cm³/mol. The molecule has 4 N–H and O–H groups in total. The lowest BCUT2D eigenvalue weighted by atomic mass is 9.82. The first-order valence-corrected chi connectivity index (χ1v) is 24.2. The van der Waals surface area contributed by atoms with Gasteiger partial charge in [0.1, 0.15) is 35.2 Å². The fourth-order valence-corrected chi connectivity index (χ4v) is 11.3. The van der Waals surface area contributed by atoms with Crippen LogP contribution in [0.3, 0.4) is 0 Å². The number of hydrogen-bond donors (Lipinski definition) is 4. The molecule has 4 fully saturated rings. The smallest absolute Gasteiger partial charge is 0.407 e. The van der Waals surface area contributed by atoms with Gasteiger partial charge >= 0.3 is 12.2 Å². The van der Waals surface area contributed by atoms with E-state index in [1.165, 1.54) is 14.2 Å². The highest BCUT2D eigenvalue weighted by atomic mass is 16.5. The van der Waals surface area contributed by atoms with Gasteiger partial charge in [0.25, 0.3) is 0 Å². The Labute approximate surface area is 395 Å². The number of carbonyl (C=O) groups excluding carboxylic acids is 4. The minimum atomic E-state index is -0.702. The molecular formula is C51H60N8O9. The SMILES string of the molecule is CCC1c2ccc(-c3cnc([C@@H]4CCCN4C(=O)[C@@H](NC(=O)OC)C4CCOCC4)[nH]3)cc2Oc2ccc3cc(-c4cnc([C@@H]5CCCN5C(=O)[C@@H](NC(=O)OC)C5CCOCC5)[nH]4)ccc3c21. The third-order valence-corrected chi connectivity index (χ3v) is 14.8. The van der Waals surface area contributed by atoms with Gasteiger partial charge in [-0.2, -0.15) is 0 Å². The standard InChI is InChI=1S/C51H60N8O9/c1-4-34-36-13-10-33(38-28-53-47(55-38)40-8-6-20-59(40)49(61)45(57-51(63)65-3)30-17-23-67-24-18-30)26-42(36)68-41-14-11-31-25-32(9-12-35(31)43(34)41)37-27-52-46(54-37)39-7-5-19-58(39)48(60)44(56-50(62)64-2)29-15-21-66-22-16-29/h9-14,25-30,34,39-40,44-45H,4-8,15-24H2,1-3H3,(H,52,54)(H,53,55)(H,56,62)(H,57,63)/t34?,39-,40-,44-,45-/m0/s1. The molecule has 0 radical (unpaired) electrons. The number of imidazole rings is 2. The van der Waals surface area contributed by atoms with Gasteiger partial charge in [0, 0.05) is 67.7 Å². The molecule has 4 amide bonds. The first-order chi connectivity index (χ1) is 33.2. The quantitative estimate of drug-likeness (QED) is 0.100. The summed E-state index contributed by atoms with van der Waals surface area (Å²) in [5.74, 6) is 2.82. The van der Waals surface area contributed by atoms with Crippen LogP contribution in [0.15, 0.2) is 60.9 Å². The number of nitrogens with zero attached hydrogens (tertiary/aromatic N) is 4. The van der Waals surface area contributed by atoms with E-state index in [9.17, 15) is 19.2 Å². The molecule has 5 aliphatic heterocycles. The average Bonchev–Trinajstić information content (AvgIpc) is 4.24. The summed E-state index contributed by atoms with van der Waals surface area (Å²) < 4.78 is 27.6. The highest BCUT2D eigenvalue weighted by Gasteiger charge is 2.42. The number of ether oxygens (including phenoxy) is 5. The van der Waals surface area contributed by atoms with E-state index in [1.54, 1.807) is 0 Å². The van der Waals surface area contributed by atoms with Crippen molar-refractivity contribution in [1.29, 1.82) is 0 Å². The number of aromatic nitrogens is 4. The summed E-state index contributed by atoms with van der Waals surface area (Å²) in [7, 11) is 2.62. The first kappa shape index (κ1) is 45.3. The number of hydrogen-bond acceptors (Lipinski definition) is 11. The van der Waals surface area contributed by atoms with E-state index in [2.05, 4.69) is 76.1 Å². The zero-order valence-corrected chi connectivity index (χ0v) is 38.9. The van der Waals surface area contributed by atoms with Crippen LogP contribution >= 0.6 is 0 Å². The Morgan fingerprint density at radius 2 is 1.22 bits per heavy atom. The van der Waals surface area contributed by atoms with Crippen LogP contribution in [0.4, 0.5) is 9.59 Å². The van der Waals surface area contributed by atoms with Gasteiger partial charge in [0.15, 0.2) is 0 Å². The first-order valence-electron chi connectivity index (χ1n) is 24.2. The number of alkyl carbamates (subject to hydrolysis) is 2. The Morgan fingerprint density at radius 3 is 1.75 bits per heavy atom. The number of likely N-dealkylation sites (tertiary alicyclic amines) is 2. The normalized spacial score (nSPS) is 21.7. The second kappa shape index (κ2) is 19.6. The van der Waals surface area contributed by atoms with Crippen molar-refractivity contribution >= 4 is 34.8 Å². The molecule has 2 aromatic heterocycles. The zero-order chi connectivity index (χ0) is 46.9. The number of methoxy groups -OCH3 is 2. The molecule has 4 saturated heterocycles. The third kappa shape index (κ3) is 8.77. The lowest BCUT2D eigenvalue weighted by molar-refractivity contribution is -0.137. The summed E-state index contributed by atoms with van der Waals surface area (Å²) in [6.07, 6.45) is 9.23. The lowest BCUT2D eigenvalue weighted by Gasteiger charge is -2.34. The Kier molecular flexibility index (Phi) is 13.1. The maximum atomic E-state index is 14.1. The van der Waals surface area contributed by atoms with E-state index in [0.717, 1.165) is 93.8 Å². The van der Waals surface area contributed by atoms with Crippen LogP contribution in [-0.4, -0.2) is 120 Å². The molecule has 5 aromatic rings. The number of fused-ring (bicyclic) bond motifs is 4. The van der Waals surface area contributed by atoms with Crippen molar-refractivity contribution < 1.29 is 42.9 Å². The second-order valence-corrected chi connectivity index (χ2v) is 18.6. The summed E-state index contributed by atoms with van der Waals surface area (Å²) in [5, 5.41) is 7.86. The maximum Gasteiger partial charge on any atom is 0.407 e. The molecular weight excluding hydrogens is 869 g/mol. The van der Waals surface area contributed by atoms with Crippen LogP contribution in [0.1, 0.15) is 105 Å². The van der Waals surface area contributed by atoms with Crippen molar-refractivity contribution in [2.45, 2.75) is 94.8 Å². The van der Waals surface area contributed by atoms with E-state index in [-0.39, 0.29) is 41.7 Å². The predicted octanol–water partition coefficient (Wildman–Crippen LogP) is 7.90. The molecule has 10 rings (SSSR count). The number of rotatable bonds is 11. The van der Waals surface area contributed by atoms with E-state index in [0.29, 0.717) is 71.0 Å². The van der Waals surface area contributed by atoms with Gasteiger partial charge in [-0.3, -0.25) is 9.59 Å². The van der Waals surface area contributed by atoms with Crippen molar-refractivity contribution in [2.24, 2.45) is 11.8 Å². The largest absolute Gasteiger partial charge is 0.457 e. The number of amides is 4. The van der Waals surface area contributed by atoms with Crippen LogP contribution in [0, 0.1) is 11.8 Å². The summed E-state index contributed by atoms with van der Waals surface area (Å²) in [6.45, 7) is 5.57. The van der Waals surface area contributed by atoms with Crippen molar-refractivity contribution in [3.8, 4) is 34.0 Å². The van der Waals surface area contributed by atoms with Gasteiger partial charge < -0.3 is 54.1 Å². The molecule has 17 nitrogen and oxygen atoms in total. The van der Waals surface area contributed by atoms with Gasteiger partial charge in [0.05, 0.1) is 50.1 Å². The van der Waals surface area contributed by atoms with E-state index >= 15 is 0 Å². The summed E-state index contributed by atoms with van der Waals surface area (Å²) in [4.78, 5) is 73.4. The summed E-state index contributed by atoms with van der Waals surface area (Å²) in [5.41, 5.74) is 5.86. The highest BCUT2D eigenvalue weighted by Crippen LogP contribution is 2.50. The van der Waals surface area contributed by atoms with E-state index in [1.807, 2.05) is 22.2 Å². The Morgan fingerprint density at radius 1 is 0.691 bits per heavy atom. The molecule has 0 bridgehead atoms. The minimum absolute atomic E-state index is 0.0388. The fraction of sp³-hybridized carbons (Fsp3) is 0.490. The lowest BCUT2D eigenvalue weighted by Crippen LogP contribution is -2.53. The van der Waals surface area contributed by atoms with Crippen LogP contribution in [-0.2, 0) is 28.5 Å². The number of benzene rings is 3. The van der Waals surface area contributed by atoms with Crippen molar-refractivity contribution in [2.75, 3.05) is 53.7 Å². The number of nitrogens with one attached hydrogen (secondary N) is 4. The molecule has 0 spiro atoms. The van der Waals surface area contributed by atoms with Gasteiger partial charge in [-0.15, -0.1) is 0 Å². The third-order valence-electron chi connectivity index (χ3n) is 14.8. The molecule has 0 aliphatic carbocycles. The van der Waals surface area contributed by atoms with Crippen molar-refractivity contribution in [3.63, 3.8) is 0 Å². The molecule has 7 heterocycles. The van der Waals surface area contributed by atoms with Gasteiger partial charge in [-0.1, -0.05) is 37.3 Å². The Balaban J connectivity index is 0.854. The van der Waals surface area contributed by atoms with Crippen LogP contribution in [0.2, 0.25) is 0 Å². The van der Waals surface area contributed by atoms with E-state index in [4.69, 9.17) is 33.7 Å². The summed E-state index contributed by atoms with van der Waals surface area (Å²) >= 11 is 0. The van der Waals surface area contributed by atoms with Gasteiger partial charge in [0.2, 0.25) is 11.8 Å². The number of carbonyl (C=O) groups is 4. The minimum Gasteiger partial charge on any atom is -0.457 e. The molecule has 68 heavy (non-hydrogen) atoms. The topological polar surface area (TPSA) is 202 Å². The second-order valence-electron chi connectivity index (χ2n) is 18.6. The Bertz CT molecular complexity index is 2670.